The van der Waals surface area contributed by atoms with Crippen molar-refractivity contribution in [1.29, 1.82) is 0 Å². The molecule has 1 rings (SSSR count). The Hall–Kier alpha value is -0.790. The molecule has 8 heteroatoms. The number of aryl methyl sites for hydroxylation is 2. The maximum atomic E-state index is 11.4. The number of hydrogen-bond acceptors (Lipinski definition) is 5. The van der Waals surface area contributed by atoms with Gasteiger partial charge in [0.25, 0.3) is 9.05 Å². The molecule has 0 fully saturated rings. The van der Waals surface area contributed by atoms with Crippen LogP contribution in [0.3, 0.4) is 0 Å². The summed E-state index contributed by atoms with van der Waals surface area (Å²) in [6, 6.07) is 3.06. The van der Waals surface area contributed by atoms with Gasteiger partial charge in [0.05, 0.1) is 10.6 Å². The van der Waals surface area contributed by atoms with Crippen molar-refractivity contribution in [3.8, 4) is 5.75 Å². The average molecular weight is 341 g/mol. The first-order chi connectivity index (χ1) is 9.07. The van der Waals surface area contributed by atoms with E-state index in [-0.39, 0.29) is 23.0 Å². The zero-order chi connectivity index (χ0) is 15.6. The highest BCUT2D eigenvalue weighted by Gasteiger charge is 2.18. The zero-order valence-corrected chi connectivity index (χ0v) is 13.9. The van der Waals surface area contributed by atoms with Crippen molar-refractivity contribution in [2.75, 3.05) is 18.1 Å². The average Bonchev–Trinajstić information content (AvgIpc) is 2.25. The van der Waals surface area contributed by atoms with Crippen LogP contribution < -0.4 is 4.74 Å². The highest BCUT2D eigenvalue weighted by Crippen LogP contribution is 2.28. The molecule has 0 atom stereocenters. The summed E-state index contributed by atoms with van der Waals surface area (Å²) in [7, 11) is -1.53. The van der Waals surface area contributed by atoms with Crippen molar-refractivity contribution in [2.24, 2.45) is 0 Å². The molecule has 20 heavy (non-hydrogen) atoms. The second kappa shape index (κ2) is 6.32. The number of benzene rings is 1. The SMILES string of the molecule is CCS(=O)(=O)CCOc1cc(C)c(S(=O)(=O)Cl)c(C)c1. The fraction of sp³-hybridized carbons (Fsp3) is 0.500. The van der Waals surface area contributed by atoms with Crippen molar-refractivity contribution in [1.82, 2.24) is 0 Å². The predicted octanol–water partition coefficient (Wildman–Crippen LogP) is 2.04. The quantitative estimate of drug-likeness (QED) is 0.740. The molecule has 5 nitrogen and oxygen atoms in total. The number of hydrogen-bond donors (Lipinski definition) is 0. The van der Waals surface area contributed by atoms with Crippen molar-refractivity contribution < 1.29 is 21.6 Å². The van der Waals surface area contributed by atoms with Crippen LogP contribution in [0.25, 0.3) is 0 Å². The molecule has 0 aliphatic rings. The van der Waals surface area contributed by atoms with Crippen LogP contribution in [-0.2, 0) is 18.9 Å². The summed E-state index contributed by atoms with van der Waals surface area (Å²) >= 11 is 0. The van der Waals surface area contributed by atoms with E-state index in [9.17, 15) is 16.8 Å². The van der Waals surface area contributed by atoms with Gasteiger partial charge in [-0.15, -0.1) is 0 Å². The topological polar surface area (TPSA) is 77.5 Å². The lowest BCUT2D eigenvalue weighted by atomic mass is 10.1. The van der Waals surface area contributed by atoms with E-state index >= 15 is 0 Å². The first-order valence-electron chi connectivity index (χ1n) is 5.96. The Morgan fingerprint density at radius 1 is 1.10 bits per heavy atom. The van der Waals surface area contributed by atoms with E-state index < -0.39 is 18.9 Å². The minimum absolute atomic E-state index is 0.0298. The maximum absolute atomic E-state index is 11.4. The highest BCUT2D eigenvalue weighted by molar-refractivity contribution is 8.13. The third kappa shape index (κ3) is 4.64. The lowest BCUT2D eigenvalue weighted by Gasteiger charge is -2.11. The predicted molar refractivity (Wildman–Crippen MR) is 78.8 cm³/mol. The van der Waals surface area contributed by atoms with Gasteiger partial charge >= 0.3 is 0 Å². The van der Waals surface area contributed by atoms with Crippen LogP contribution in [0.15, 0.2) is 17.0 Å². The Balaban J connectivity index is 2.91. The summed E-state index contributed by atoms with van der Waals surface area (Å²) in [4.78, 5) is 0.0627. The molecule has 1 aromatic carbocycles. The van der Waals surface area contributed by atoms with Gasteiger partial charge in [-0.25, -0.2) is 16.8 Å². The van der Waals surface area contributed by atoms with Crippen LogP contribution in [0.5, 0.6) is 5.75 Å². The van der Waals surface area contributed by atoms with E-state index in [4.69, 9.17) is 15.4 Å². The summed E-state index contributed by atoms with van der Waals surface area (Å²) in [5, 5.41) is 0. The lowest BCUT2D eigenvalue weighted by Crippen LogP contribution is -2.15. The molecule has 0 saturated heterocycles. The van der Waals surface area contributed by atoms with E-state index in [1.807, 2.05) is 0 Å². The molecule has 0 N–H and O–H groups in total. The molecule has 1 aromatic rings. The van der Waals surface area contributed by atoms with Crippen molar-refractivity contribution in [3.05, 3.63) is 23.3 Å². The van der Waals surface area contributed by atoms with E-state index in [0.717, 1.165) is 0 Å². The maximum Gasteiger partial charge on any atom is 0.261 e. The normalized spacial score (nSPS) is 12.4. The molecule has 0 bridgehead atoms. The van der Waals surface area contributed by atoms with Gasteiger partial charge in [0, 0.05) is 16.4 Å². The van der Waals surface area contributed by atoms with Crippen LogP contribution in [0.2, 0.25) is 0 Å². The van der Waals surface area contributed by atoms with Gasteiger partial charge in [0.15, 0.2) is 9.84 Å². The number of ether oxygens (including phenoxy) is 1. The van der Waals surface area contributed by atoms with E-state index in [2.05, 4.69) is 0 Å². The summed E-state index contributed by atoms with van der Waals surface area (Å²) in [5.41, 5.74) is 0.932. The molecule has 0 amide bonds. The fourth-order valence-electron chi connectivity index (χ4n) is 1.81. The molecule has 0 heterocycles. The third-order valence-corrected chi connectivity index (χ3v) is 6.04. The Bertz CT molecular complexity index is 670. The van der Waals surface area contributed by atoms with E-state index in [1.54, 1.807) is 20.8 Å². The van der Waals surface area contributed by atoms with Crippen molar-refractivity contribution in [2.45, 2.75) is 25.7 Å². The molecule has 0 saturated carbocycles. The summed E-state index contributed by atoms with van der Waals surface area (Å²) < 4.78 is 50.9. The Morgan fingerprint density at radius 3 is 2.00 bits per heavy atom. The second-order valence-electron chi connectivity index (χ2n) is 4.41. The van der Waals surface area contributed by atoms with Gasteiger partial charge in [0.2, 0.25) is 0 Å². The molecule has 0 unspecified atom stereocenters. The second-order valence-corrected chi connectivity index (χ2v) is 9.38. The molecular formula is C12H17ClO5S2. The molecule has 0 spiro atoms. The first kappa shape index (κ1) is 17.3. The fourth-order valence-corrected chi connectivity index (χ4v) is 4.05. The Kier molecular flexibility index (Phi) is 5.46. The minimum atomic E-state index is -3.81. The number of sulfone groups is 1. The van der Waals surface area contributed by atoms with Crippen LogP contribution in [-0.4, -0.2) is 34.9 Å². The van der Waals surface area contributed by atoms with Gasteiger partial charge in [-0.1, -0.05) is 6.92 Å². The molecular weight excluding hydrogens is 324 g/mol. The molecule has 0 aliphatic carbocycles. The van der Waals surface area contributed by atoms with Gasteiger partial charge in [-0.2, -0.15) is 0 Å². The molecule has 0 aliphatic heterocycles. The Labute approximate surface area is 124 Å². The number of rotatable bonds is 6. The lowest BCUT2D eigenvalue weighted by molar-refractivity contribution is 0.340. The van der Waals surface area contributed by atoms with Gasteiger partial charge < -0.3 is 4.74 Å². The largest absolute Gasteiger partial charge is 0.493 e. The van der Waals surface area contributed by atoms with Crippen molar-refractivity contribution >= 4 is 29.6 Å². The van der Waals surface area contributed by atoms with Gasteiger partial charge in [-0.05, 0) is 37.1 Å². The van der Waals surface area contributed by atoms with Crippen LogP contribution in [0.4, 0.5) is 0 Å². The highest BCUT2D eigenvalue weighted by atomic mass is 35.7. The first-order valence-corrected chi connectivity index (χ1v) is 10.1. The van der Waals surface area contributed by atoms with Gasteiger partial charge in [0.1, 0.15) is 12.4 Å². The standard InChI is InChI=1S/C12H17ClO5S2/c1-4-19(14,15)6-5-18-11-7-9(2)12(10(3)8-11)20(13,16)17/h7-8H,4-6H2,1-3H3. The summed E-state index contributed by atoms with van der Waals surface area (Å²) in [5.74, 6) is 0.421. The van der Waals surface area contributed by atoms with Crippen molar-refractivity contribution in [3.63, 3.8) is 0 Å². The van der Waals surface area contributed by atoms with Gasteiger partial charge in [-0.3, -0.25) is 0 Å². The zero-order valence-electron chi connectivity index (χ0n) is 11.5. The smallest absolute Gasteiger partial charge is 0.261 e. The number of halogens is 1. The minimum Gasteiger partial charge on any atom is -0.493 e. The van der Waals surface area contributed by atoms with E-state index in [0.29, 0.717) is 16.9 Å². The summed E-state index contributed by atoms with van der Waals surface area (Å²) in [6.45, 7) is 4.82. The molecule has 0 aromatic heterocycles. The van der Waals surface area contributed by atoms with Crippen LogP contribution in [0, 0.1) is 13.8 Å². The van der Waals surface area contributed by atoms with Crippen LogP contribution >= 0.6 is 10.7 Å². The monoisotopic (exact) mass is 340 g/mol. The third-order valence-electron chi connectivity index (χ3n) is 2.78. The molecule has 0 radical (unpaired) electrons. The Morgan fingerprint density at radius 2 is 1.60 bits per heavy atom. The summed E-state index contributed by atoms with van der Waals surface area (Å²) in [6.07, 6.45) is 0. The van der Waals surface area contributed by atoms with Crippen LogP contribution in [0.1, 0.15) is 18.1 Å². The van der Waals surface area contributed by atoms with E-state index in [1.165, 1.54) is 12.1 Å². The molecule has 114 valence electrons.